The van der Waals surface area contributed by atoms with Crippen molar-refractivity contribution in [2.75, 3.05) is 0 Å². The molecule has 1 atom stereocenters. The van der Waals surface area contributed by atoms with E-state index in [9.17, 15) is 14.4 Å². The van der Waals surface area contributed by atoms with E-state index in [1.807, 2.05) is 10.7 Å². The molecular formula is C6H10N4O3. The fourth-order valence-electron chi connectivity index (χ4n) is 1.08. The quantitative estimate of drug-likeness (QED) is 0.172. The first-order valence-corrected chi connectivity index (χ1v) is 3.61. The summed E-state index contributed by atoms with van der Waals surface area (Å²) < 4.78 is 0. The summed E-state index contributed by atoms with van der Waals surface area (Å²) in [7, 11) is 0. The molecule has 7 nitrogen and oxygen atoms in total. The van der Waals surface area contributed by atoms with Gasteiger partial charge in [-0.15, -0.1) is 0 Å². The molecule has 1 aliphatic rings. The maximum Gasteiger partial charge on any atom is 0.322 e. The molecule has 5 N–H and O–H groups in total. The van der Waals surface area contributed by atoms with Gasteiger partial charge in [-0.25, -0.2) is 10.6 Å². The highest BCUT2D eigenvalue weighted by Crippen LogP contribution is 2.13. The predicted octanol–water partition coefficient (Wildman–Crippen LogP) is -2.04. The van der Waals surface area contributed by atoms with Crippen LogP contribution in [0.3, 0.4) is 0 Å². The van der Waals surface area contributed by atoms with Gasteiger partial charge in [0.1, 0.15) is 5.54 Å². The molecule has 1 heterocycles. The normalized spacial score (nSPS) is 26.6. The number of hydrogen-bond acceptors (Lipinski definition) is 4. The molecule has 1 fully saturated rings. The lowest BCUT2D eigenvalue weighted by Gasteiger charge is -2.18. The van der Waals surface area contributed by atoms with Crippen LogP contribution >= 0.6 is 0 Å². The van der Waals surface area contributed by atoms with Crippen molar-refractivity contribution in [3.63, 3.8) is 0 Å². The Labute approximate surface area is 74.0 Å². The number of imide groups is 1. The smallest absolute Gasteiger partial charge is 0.322 e. The summed E-state index contributed by atoms with van der Waals surface area (Å²) in [5.74, 6) is 3.80. The van der Waals surface area contributed by atoms with Crippen LogP contribution in [0.15, 0.2) is 0 Å². The molecule has 0 bridgehead atoms. The van der Waals surface area contributed by atoms with Gasteiger partial charge in [-0.1, -0.05) is 0 Å². The van der Waals surface area contributed by atoms with Gasteiger partial charge in [0.05, 0.1) is 6.42 Å². The van der Waals surface area contributed by atoms with Crippen LogP contribution in [-0.2, 0) is 9.59 Å². The average molecular weight is 186 g/mol. The van der Waals surface area contributed by atoms with Gasteiger partial charge in [-0.3, -0.25) is 20.3 Å². The van der Waals surface area contributed by atoms with Gasteiger partial charge < -0.3 is 5.32 Å². The standard InChI is InChI=1S/C6H10N4O3/c1-6(2-3(11)10-7)4(12)8-5(13)9-6/h2,7H2,1H3,(H,10,11)(H2,8,9,12,13). The van der Waals surface area contributed by atoms with Crippen LogP contribution in [0.1, 0.15) is 13.3 Å². The van der Waals surface area contributed by atoms with Crippen LogP contribution in [0.2, 0.25) is 0 Å². The average Bonchev–Trinajstić information content (AvgIpc) is 2.25. The number of nitrogens with one attached hydrogen (secondary N) is 3. The highest BCUT2D eigenvalue weighted by atomic mass is 16.2. The third-order valence-electron chi connectivity index (χ3n) is 1.79. The molecule has 13 heavy (non-hydrogen) atoms. The number of urea groups is 1. The molecular weight excluding hydrogens is 176 g/mol. The van der Waals surface area contributed by atoms with E-state index in [4.69, 9.17) is 5.84 Å². The topological polar surface area (TPSA) is 113 Å². The van der Waals surface area contributed by atoms with E-state index in [1.54, 1.807) is 0 Å². The number of amides is 4. The number of hydrazine groups is 1. The van der Waals surface area contributed by atoms with Gasteiger partial charge in [-0.2, -0.15) is 0 Å². The van der Waals surface area contributed by atoms with Crippen molar-refractivity contribution in [2.24, 2.45) is 5.84 Å². The van der Waals surface area contributed by atoms with Gasteiger partial charge in [0.15, 0.2) is 0 Å². The Hall–Kier alpha value is -1.63. The van der Waals surface area contributed by atoms with Crippen molar-refractivity contribution in [2.45, 2.75) is 18.9 Å². The highest BCUT2D eigenvalue weighted by Gasteiger charge is 2.43. The second-order valence-electron chi connectivity index (χ2n) is 2.98. The van der Waals surface area contributed by atoms with Crippen LogP contribution in [0.4, 0.5) is 4.79 Å². The Morgan fingerprint density at radius 3 is 2.62 bits per heavy atom. The minimum Gasteiger partial charge on any atom is -0.323 e. The van der Waals surface area contributed by atoms with Crippen molar-refractivity contribution in [3.8, 4) is 0 Å². The van der Waals surface area contributed by atoms with Gasteiger partial charge >= 0.3 is 6.03 Å². The SMILES string of the molecule is CC1(CC(=O)NN)NC(=O)NC1=O. The molecule has 0 aromatic heterocycles. The van der Waals surface area contributed by atoms with Gasteiger partial charge in [0.2, 0.25) is 5.91 Å². The molecule has 72 valence electrons. The number of rotatable bonds is 2. The van der Waals surface area contributed by atoms with E-state index < -0.39 is 23.4 Å². The van der Waals surface area contributed by atoms with Crippen LogP contribution in [0, 0.1) is 0 Å². The fourth-order valence-corrected chi connectivity index (χ4v) is 1.08. The Bertz CT molecular complexity index is 277. The van der Waals surface area contributed by atoms with Crippen molar-refractivity contribution < 1.29 is 14.4 Å². The van der Waals surface area contributed by atoms with Crippen LogP contribution in [-0.4, -0.2) is 23.4 Å². The lowest BCUT2D eigenvalue weighted by atomic mass is 9.98. The van der Waals surface area contributed by atoms with E-state index in [-0.39, 0.29) is 6.42 Å². The Balaban J connectivity index is 2.71. The summed E-state index contributed by atoms with van der Waals surface area (Å²) in [5.41, 5.74) is 0.688. The summed E-state index contributed by atoms with van der Waals surface area (Å²) in [5, 5.41) is 4.36. The summed E-state index contributed by atoms with van der Waals surface area (Å²) in [6.07, 6.45) is -0.179. The molecule has 0 saturated carbocycles. The first kappa shape index (κ1) is 9.46. The zero-order chi connectivity index (χ0) is 10.1. The highest BCUT2D eigenvalue weighted by molar-refractivity contribution is 6.08. The van der Waals surface area contributed by atoms with Crippen LogP contribution in [0.25, 0.3) is 0 Å². The van der Waals surface area contributed by atoms with Crippen LogP contribution in [0.5, 0.6) is 0 Å². The Morgan fingerprint density at radius 1 is 1.62 bits per heavy atom. The van der Waals surface area contributed by atoms with E-state index in [2.05, 4.69) is 5.32 Å². The van der Waals surface area contributed by atoms with E-state index in [0.717, 1.165) is 0 Å². The van der Waals surface area contributed by atoms with Gasteiger partial charge in [0.25, 0.3) is 5.91 Å². The van der Waals surface area contributed by atoms with Crippen molar-refractivity contribution in [1.82, 2.24) is 16.1 Å². The van der Waals surface area contributed by atoms with E-state index in [1.165, 1.54) is 6.92 Å². The Morgan fingerprint density at radius 2 is 2.23 bits per heavy atom. The van der Waals surface area contributed by atoms with E-state index in [0.29, 0.717) is 0 Å². The summed E-state index contributed by atoms with van der Waals surface area (Å²) in [6.45, 7) is 1.45. The molecule has 0 aromatic carbocycles. The molecule has 1 saturated heterocycles. The lowest BCUT2D eigenvalue weighted by Crippen LogP contribution is -2.48. The van der Waals surface area contributed by atoms with Crippen molar-refractivity contribution in [3.05, 3.63) is 0 Å². The largest absolute Gasteiger partial charge is 0.323 e. The molecule has 1 unspecified atom stereocenters. The number of carbonyl (C=O) groups is 3. The van der Waals surface area contributed by atoms with Crippen molar-refractivity contribution in [1.29, 1.82) is 0 Å². The molecule has 1 rings (SSSR count). The Kier molecular flexibility index (Phi) is 2.20. The molecule has 1 aliphatic heterocycles. The zero-order valence-electron chi connectivity index (χ0n) is 7.01. The number of nitrogens with two attached hydrogens (primary N) is 1. The third-order valence-corrected chi connectivity index (χ3v) is 1.79. The number of hydrogen-bond donors (Lipinski definition) is 4. The first-order chi connectivity index (χ1) is 5.98. The van der Waals surface area contributed by atoms with Gasteiger partial charge in [0, 0.05) is 0 Å². The lowest BCUT2D eigenvalue weighted by molar-refractivity contribution is -0.129. The second kappa shape index (κ2) is 3.02. The first-order valence-electron chi connectivity index (χ1n) is 3.61. The van der Waals surface area contributed by atoms with Gasteiger partial charge in [-0.05, 0) is 6.92 Å². The predicted molar refractivity (Wildman–Crippen MR) is 42.0 cm³/mol. The maximum atomic E-state index is 11.1. The molecule has 0 aromatic rings. The molecule has 0 aliphatic carbocycles. The molecule has 4 amide bonds. The third kappa shape index (κ3) is 1.75. The minimum absolute atomic E-state index is 0.179. The second-order valence-corrected chi connectivity index (χ2v) is 2.98. The molecule has 0 radical (unpaired) electrons. The monoisotopic (exact) mass is 186 g/mol. The minimum atomic E-state index is -1.19. The molecule has 0 spiro atoms. The summed E-state index contributed by atoms with van der Waals surface area (Å²) >= 11 is 0. The van der Waals surface area contributed by atoms with Crippen LogP contribution < -0.4 is 21.9 Å². The molecule has 7 heteroatoms. The summed E-state index contributed by atoms with van der Waals surface area (Å²) in [6, 6.07) is -0.600. The summed E-state index contributed by atoms with van der Waals surface area (Å²) in [4.78, 5) is 32.7. The maximum absolute atomic E-state index is 11.1. The van der Waals surface area contributed by atoms with E-state index >= 15 is 0 Å². The zero-order valence-corrected chi connectivity index (χ0v) is 7.01. The number of carbonyl (C=O) groups excluding carboxylic acids is 3. The van der Waals surface area contributed by atoms with Crippen molar-refractivity contribution >= 4 is 17.8 Å². The fraction of sp³-hybridized carbons (Fsp3) is 0.500.